The largest absolute Gasteiger partial charge is 0.464 e. The number of amides is 2. The average Bonchev–Trinajstić information content (AvgIpc) is 3.14. The van der Waals surface area contributed by atoms with Crippen LogP contribution < -0.4 is 10.6 Å². The lowest BCUT2D eigenvalue weighted by atomic mass is 10.0. The molecule has 0 saturated carbocycles. The van der Waals surface area contributed by atoms with Crippen molar-refractivity contribution in [1.29, 1.82) is 0 Å². The summed E-state index contributed by atoms with van der Waals surface area (Å²) in [6.07, 6.45) is 1.60. The molecule has 0 fully saturated rings. The summed E-state index contributed by atoms with van der Waals surface area (Å²) in [4.78, 5) is 25.8. The number of rotatable bonds is 4. The number of primary amides is 1. The number of hydrogen-bond donors (Lipinski definition) is 1. The van der Waals surface area contributed by atoms with Crippen LogP contribution in [0, 0.1) is 6.92 Å². The van der Waals surface area contributed by atoms with Crippen molar-refractivity contribution in [3.8, 4) is 11.3 Å². The minimum atomic E-state index is -0.506. The maximum Gasteiger partial charge on any atom is 0.258 e. The van der Waals surface area contributed by atoms with E-state index >= 15 is 0 Å². The first kappa shape index (κ1) is 16.5. The number of para-hydroxylation sites is 1. The number of benzene rings is 2. The standard InChI is InChI=1S/C20H18N2O3/c1-13-12-14(9-10-15(13)19(21)23)20(24)22(2)17-7-4-3-6-16(17)18-8-5-11-25-18/h3-12H,1-2H3,(H2,21,23). The van der Waals surface area contributed by atoms with Gasteiger partial charge >= 0.3 is 0 Å². The van der Waals surface area contributed by atoms with Crippen molar-refractivity contribution in [3.05, 3.63) is 77.6 Å². The molecule has 0 radical (unpaired) electrons. The zero-order valence-electron chi connectivity index (χ0n) is 14.0. The molecule has 0 saturated heterocycles. The van der Waals surface area contributed by atoms with Gasteiger partial charge in [0.1, 0.15) is 5.76 Å². The third-order valence-electron chi connectivity index (χ3n) is 4.10. The van der Waals surface area contributed by atoms with Crippen molar-refractivity contribution in [2.75, 3.05) is 11.9 Å². The van der Waals surface area contributed by atoms with E-state index in [9.17, 15) is 9.59 Å². The normalized spacial score (nSPS) is 10.5. The molecule has 0 atom stereocenters. The van der Waals surface area contributed by atoms with Crippen LogP contribution in [0.5, 0.6) is 0 Å². The van der Waals surface area contributed by atoms with Gasteiger partial charge < -0.3 is 15.1 Å². The van der Waals surface area contributed by atoms with Crippen LogP contribution in [0.15, 0.2) is 65.3 Å². The van der Waals surface area contributed by atoms with Crippen LogP contribution >= 0.6 is 0 Å². The Hall–Kier alpha value is -3.34. The summed E-state index contributed by atoms with van der Waals surface area (Å²) in [7, 11) is 1.71. The molecular weight excluding hydrogens is 316 g/mol. The predicted molar refractivity (Wildman–Crippen MR) is 96.6 cm³/mol. The molecule has 2 aromatic carbocycles. The molecule has 126 valence electrons. The van der Waals surface area contributed by atoms with Gasteiger partial charge in [0.2, 0.25) is 5.91 Å². The highest BCUT2D eigenvalue weighted by molar-refractivity contribution is 6.08. The van der Waals surface area contributed by atoms with Gasteiger partial charge in [-0.3, -0.25) is 9.59 Å². The molecule has 3 rings (SSSR count). The van der Waals surface area contributed by atoms with Crippen LogP contribution in [0.25, 0.3) is 11.3 Å². The van der Waals surface area contributed by atoms with Crippen LogP contribution in [-0.4, -0.2) is 18.9 Å². The summed E-state index contributed by atoms with van der Waals surface area (Å²) < 4.78 is 5.47. The second-order valence-corrected chi connectivity index (χ2v) is 5.75. The molecule has 3 aromatic rings. The topological polar surface area (TPSA) is 76.5 Å². The molecule has 0 aliphatic carbocycles. The molecule has 0 aliphatic heterocycles. The zero-order chi connectivity index (χ0) is 18.0. The van der Waals surface area contributed by atoms with Gasteiger partial charge in [0.25, 0.3) is 5.91 Å². The number of nitrogens with two attached hydrogens (primary N) is 1. The number of hydrogen-bond acceptors (Lipinski definition) is 3. The van der Waals surface area contributed by atoms with Crippen molar-refractivity contribution in [2.24, 2.45) is 5.73 Å². The number of anilines is 1. The van der Waals surface area contributed by atoms with E-state index < -0.39 is 5.91 Å². The van der Waals surface area contributed by atoms with Crippen LogP contribution in [0.1, 0.15) is 26.3 Å². The highest BCUT2D eigenvalue weighted by Gasteiger charge is 2.19. The summed E-state index contributed by atoms with van der Waals surface area (Å²) in [6.45, 7) is 1.76. The third-order valence-corrected chi connectivity index (χ3v) is 4.10. The van der Waals surface area contributed by atoms with Crippen molar-refractivity contribution < 1.29 is 14.0 Å². The molecule has 5 nitrogen and oxygen atoms in total. The number of nitrogens with zero attached hydrogens (tertiary/aromatic N) is 1. The van der Waals surface area contributed by atoms with Crippen LogP contribution in [0.4, 0.5) is 5.69 Å². The molecule has 2 amide bonds. The second-order valence-electron chi connectivity index (χ2n) is 5.75. The summed E-state index contributed by atoms with van der Waals surface area (Å²) in [5, 5.41) is 0. The number of carbonyl (C=O) groups is 2. The Morgan fingerprint density at radius 1 is 1.04 bits per heavy atom. The van der Waals surface area contributed by atoms with Crippen molar-refractivity contribution in [2.45, 2.75) is 6.92 Å². The lowest BCUT2D eigenvalue weighted by Crippen LogP contribution is -2.27. The zero-order valence-corrected chi connectivity index (χ0v) is 14.0. The van der Waals surface area contributed by atoms with Gasteiger partial charge in [-0.15, -0.1) is 0 Å². The third kappa shape index (κ3) is 3.17. The lowest BCUT2D eigenvalue weighted by Gasteiger charge is -2.20. The molecule has 5 heteroatoms. The Balaban J connectivity index is 1.97. The Morgan fingerprint density at radius 3 is 2.44 bits per heavy atom. The molecule has 25 heavy (non-hydrogen) atoms. The van der Waals surface area contributed by atoms with E-state index in [2.05, 4.69) is 0 Å². The van der Waals surface area contributed by atoms with E-state index in [4.69, 9.17) is 10.2 Å². The van der Waals surface area contributed by atoms with E-state index in [1.54, 1.807) is 49.4 Å². The fourth-order valence-corrected chi connectivity index (χ4v) is 2.78. The summed E-state index contributed by atoms with van der Waals surface area (Å²) in [6, 6.07) is 16.0. The van der Waals surface area contributed by atoms with Gasteiger partial charge in [0, 0.05) is 23.7 Å². The highest BCUT2D eigenvalue weighted by Crippen LogP contribution is 2.31. The number of aryl methyl sites for hydroxylation is 1. The SMILES string of the molecule is Cc1cc(C(=O)N(C)c2ccccc2-c2ccco2)ccc1C(N)=O. The molecule has 0 unspecified atom stereocenters. The fourth-order valence-electron chi connectivity index (χ4n) is 2.78. The monoisotopic (exact) mass is 334 g/mol. The second kappa shape index (κ2) is 6.65. The molecule has 0 spiro atoms. The first-order valence-corrected chi connectivity index (χ1v) is 7.80. The van der Waals surface area contributed by atoms with Gasteiger partial charge in [-0.1, -0.05) is 12.1 Å². The van der Waals surface area contributed by atoms with E-state index in [1.165, 1.54) is 0 Å². The average molecular weight is 334 g/mol. The summed E-state index contributed by atoms with van der Waals surface area (Å²) in [5.41, 5.74) is 8.45. The van der Waals surface area contributed by atoms with Crippen LogP contribution in [-0.2, 0) is 0 Å². The maximum atomic E-state index is 12.9. The van der Waals surface area contributed by atoms with E-state index in [0.717, 1.165) is 11.3 Å². The fraction of sp³-hybridized carbons (Fsp3) is 0.100. The summed E-state index contributed by atoms with van der Waals surface area (Å²) >= 11 is 0. The summed E-state index contributed by atoms with van der Waals surface area (Å²) in [5.74, 6) is 0.00153. The van der Waals surface area contributed by atoms with Crippen molar-refractivity contribution in [3.63, 3.8) is 0 Å². The lowest BCUT2D eigenvalue weighted by molar-refractivity contribution is 0.0984. The maximum absolute atomic E-state index is 12.9. The predicted octanol–water partition coefficient (Wildman–Crippen LogP) is 3.63. The van der Waals surface area contributed by atoms with Crippen molar-refractivity contribution in [1.82, 2.24) is 0 Å². The van der Waals surface area contributed by atoms with E-state index in [1.807, 2.05) is 30.3 Å². The van der Waals surface area contributed by atoms with Gasteiger partial charge in [0.05, 0.1) is 12.0 Å². The number of furan rings is 1. The quantitative estimate of drug-likeness (QED) is 0.791. The van der Waals surface area contributed by atoms with Gasteiger partial charge in [-0.05, 0) is 55.0 Å². The highest BCUT2D eigenvalue weighted by atomic mass is 16.3. The van der Waals surface area contributed by atoms with Gasteiger partial charge in [0.15, 0.2) is 0 Å². The van der Waals surface area contributed by atoms with E-state index in [-0.39, 0.29) is 5.91 Å². The van der Waals surface area contributed by atoms with Gasteiger partial charge in [-0.25, -0.2) is 0 Å². The minimum absolute atomic E-state index is 0.182. The molecule has 1 aromatic heterocycles. The smallest absolute Gasteiger partial charge is 0.258 e. The first-order valence-electron chi connectivity index (χ1n) is 7.80. The molecule has 2 N–H and O–H groups in total. The van der Waals surface area contributed by atoms with Crippen LogP contribution in [0.2, 0.25) is 0 Å². The molecule has 0 aliphatic rings. The van der Waals surface area contributed by atoms with Crippen LogP contribution in [0.3, 0.4) is 0 Å². The van der Waals surface area contributed by atoms with Crippen molar-refractivity contribution >= 4 is 17.5 Å². The molecular formula is C20H18N2O3. The Kier molecular flexibility index (Phi) is 4.39. The van der Waals surface area contributed by atoms with Gasteiger partial charge in [-0.2, -0.15) is 0 Å². The molecule has 0 bridgehead atoms. The Morgan fingerprint density at radius 2 is 1.80 bits per heavy atom. The Labute approximate surface area is 145 Å². The van der Waals surface area contributed by atoms with E-state index in [0.29, 0.717) is 22.5 Å². The first-order chi connectivity index (χ1) is 12.0. The Bertz CT molecular complexity index is 930. The minimum Gasteiger partial charge on any atom is -0.464 e. The molecule has 1 heterocycles. The number of carbonyl (C=O) groups excluding carboxylic acids is 2.